The van der Waals surface area contributed by atoms with E-state index in [1.807, 2.05) is 12.1 Å². The molecule has 0 unspecified atom stereocenters. The van der Waals surface area contributed by atoms with E-state index in [1.165, 1.54) is 0 Å². The Morgan fingerprint density at radius 2 is 2.09 bits per heavy atom. The summed E-state index contributed by atoms with van der Waals surface area (Å²) in [5, 5.41) is 11.2. The van der Waals surface area contributed by atoms with Crippen LogP contribution in [0.15, 0.2) is 35.5 Å². The molecule has 4 heterocycles. The number of rotatable bonds is 3. The van der Waals surface area contributed by atoms with Gasteiger partial charge in [0, 0.05) is 19.3 Å². The van der Waals surface area contributed by atoms with Crippen LogP contribution in [0.5, 0.6) is 0 Å². The molecule has 1 N–H and O–H groups in total. The van der Waals surface area contributed by atoms with Crippen molar-refractivity contribution in [2.75, 3.05) is 36.5 Å². The first-order chi connectivity index (χ1) is 11.3. The molecule has 0 bridgehead atoms. The van der Waals surface area contributed by atoms with Gasteiger partial charge < -0.3 is 15.0 Å². The summed E-state index contributed by atoms with van der Waals surface area (Å²) in [6, 6.07) is 3.97. The Hall–Kier alpha value is -2.26. The highest BCUT2D eigenvalue weighted by atomic mass is 79.9. The highest BCUT2D eigenvalue weighted by molar-refractivity contribution is 9.10. The van der Waals surface area contributed by atoms with Gasteiger partial charge in [0.2, 0.25) is 5.65 Å². The van der Waals surface area contributed by atoms with Crippen LogP contribution in [0.4, 0.5) is 17.3 Å². The van der Waals surface area contributed by atoms with E-state index in [0.29, 0.717) is 16.1 Å². The number of anilines is 3. The van der Waals surface area contributed by atoms with Crippen LogP contribution < -0.4 is 10.2 Å². The lowest BCUT2D eigenvalue weighted by atomic mass is 10.3. The molecule has 1 fully saturated rings. The Morgan fingerprint density at radius 3 is 2.87 bits per heavy atom. The highest BCUT2D eigenvalue weighted by Crippen LogP contribution is 2.22. The molecule has 0 saturated carbocycles. The van der Waals surface area contributed by atoms with Gasteiger partial charge in [-0.15, -0.1) is 10.2 Å². The molecule has 3 aromatic rings. The molecule has 1 saturated heterocycles. The number of hydrogen-bond acceptors (Lipinski definition) is 7. The van der Waals surface area contributed by atoms with Gasteiger partial charge in [-0.1, -0.05) is 0 Å². The third-order valence-corrected chi connectivity index (χ3v) is 3.98. The molecule has 0 radical (unpaired) electrons. The van der Waals surface area contributed by atoms with Crippen molar-refractivity contribution in [3.05, 3.63) is 35.5 Å². The molecule has 0 aliphatic carbocycles. The Labute approximate surface area is 140 Å². The number of hydrogen-bond donors (Lipinski definition) is 1. The van der Waals surface area contributed by atoms with E-state index < -0.39 is 0 Å². The van der Waals surface area contributed by atoms with Crippen LogP contribution in [-0.2, 0) is 4.74 Å². The highest BCUT2D eigenvalue weighted by Gasteiger charge is 2.13. The van der Waals surface area contributed by atoms with Crippen LogP contribution in [0, 0.1) is 0 Å². The molecular weight excluding hydrogens is 362 g/mol. The summed E-state index contributed by atoms with van der Waals surface area (Å²) in [7, 11) is 0. The summed E-state index contributed by atoms with van der Waals surface area (Å²) >= 11 is 3.38. The van der Waals surface area contributed by atoms with Crippen molar-refractivity contribution in [3.63, 3.8) is 0 Å². The monoisotopic (exact) mass is 375 g/mol. The van der Waals surface area contributed by atoms with Gasteiger partial charge in [0.1, 0.15) is 16.7 Å². The van der Waals surface area contributed by atoms with Gasteiger partial charge in [-0.25, -0.2) is 9.97 Å². The molecule has 0 aromatic carbocycles. The second-order valence-corrected chi connectivity index (χ2v) is 5.92. The second kappa shape index (κ2) is 6.09. The molecule has 1 aliphatic rings. The molecule has 0 amide bonds. The molecule has 23 heavy (non-hydrogen) atoms. The fraction of sp³-hybridized carbons (Fsp3) is 0.286. The maximum Gasteiger partial charge on any atom is 0.203 e. The van der Waals surface area contributed by atoms with Crippen LogP contribution >= 0.6 is 15.9 Å². The first kappa shape index (κ1) is 14.3. The molecule has 0 spiro atoms. The van der Waals surface area contributed by atoms with Crippen molar-refractivity contribution in [1.82, 2.24) is 24.6 Å². The molecule has 4 rings (SSSR count). The first-order valence-corrected chi connectivity index (χ1v) is 8.00. The maximum absolute atomic E-state index is 5.36. The zero-order chi connectivity index (χ0) is 15.6. The minimum Gasteiger partial charge on any atom is -0.378 e. The number of nitrogens with one attached hydrogen (secondary N) is 1. The third kappa shape index (κ3) is 2.97. The van der Waals surface area contributed by atoms with Crippen molar-refractivity contribution in [2.45, 2.75) is 0 Å². The molecule has 8 nitrogen and oxygen atoms in total. The topological polar surface area (TPSA) is 80.5 Å². The SMILES string of the molecule is Brc1cn2cnnc2c(Nc2ccc(N3CCOCC3)nc2)n1. The Kier molecular flexibility index (Phi) is 3.80. The average molecular weight is 376 g/mol. The summed E-state index contributed by atoms with van der Waals surface area (Å²) in [6.45, 7) is 3.23. The number of fused-ring (bicyclic) bond motifs is 1. The van der Waals surface area contributed by atoms with Crippen molar-refractivity contribution in [1.29, 1.82) is 0 Å². The lowest BCUT2D eigenvalue weighted by molar-refractivity contribution is 0.122. The van der Waals surface area contributed by atoms with Crippen molar-refractivity contribution < 1.29 is 4.74 Å². The predicted octanol–water partition coefficient (Wildman–Crippen LogP) is 1.86. The number of aromatic nitrogens is 5. The van der Waals surface area contributed by atoms with Crippen molar-refractivity contribution >= 4 is 38.9 Å². The molecule has 118 valence electrons. The Morgan fingerprint density at radius 1 is 1.22 bits per heavy atom. The van der Waals surface area contributed by atoms with Gasteiger partial charge in [0.05, 0.1) is 25.1 Å². The van der Waals surface area contributed by atoms with E-state index in [9.17, 15) is 0 Å². The van der Waals surface area contributed by atoms with Gasteiger partial charge in [-0.2, -0.15) is 0 Å². The first-order valence-electron chi connectivity index (χ1n) is 7.21. The average Bonchev–Trinajstić information content (AvgIpc) is 3.05. The zero-order valence-electron chi connectivity index (χ0n) is 12.2. The molecule has 0 atom stereocenters. The van der Waals surface area contributed by atoms with E-state index >= 15 is 0 Å². The van der Waals surface area contributed by atoms with Crippen LogP contribution in [0.25, 0.3) is 5.65 Å². The minimum atomic E-state index is 0.623. The summed E-state index contributed by atoms with van der Waals surface area (Å²) in [5.41, 5.74) is 1.50. The lowest BCUT2D eigenvalue weighted by Gasteiger charge is -2.27. The Bertz CT molecular complexity index is 814. The van der Waals surface area contributed by atoms with Crippen LogP contribution in [0.2, 0.25) is 0 Å². The smallest absolute Gasteiger partial charge is 0.203 e. The van der Waals surface area contributed by atoms with E-state index in [1.54, 1.807) is 23.1 Å². The summed E-state index contributed by atoms with van der Waals surface area (Å²) in [5.74, 6) is 1.58. The number of morpholine rings is 1. The standard InChI is InChI=1S/C14H14BrN7O/c15-11-8-22-9-17-20-14(22)13(19-11)18-10-1-2-12(16-7-10)21-3-5-23-6-4-21/h1-2,7-9H,3-6H2,(H,18,19). The van der Waals surface area contributed by atoms with Crippen LogP contribution in [0.3, 0.4) is 0 Å². The van der Waals surface area contributed by atoms with Crippen molar-refractivity contribution in [3.8, 4) is 0 Å². The summed E-state index contributed by atoms with van der Waals surface area (Å²) < 4.78 is 7.86. The number of halogens is 1. The van der Waals surface area contributed by atoms with Gasteiger partial charge in [-0.3, -0.25) is 4.40 Å². The lowest BCUT2D eigenvalue weighted by Crippen LogP contribution is -2.36. The zero-order valence-corrected chi connectivity index (χ0v) is 13.8. The van der Waals surface area contributed by atoms with E-state index in [2.05, 4.69) is 46.3 Å². The fourth-order valence-corrected chi connectivity index (χ4v) is 2.87. The fourth-order valence-electron chi connectivity index (χ4n) is 2.47. The summed E-state index contributed by atoms with van der Waals surface area (Å²) in [4.78, 5) is 11.1. The third-order valence-electron chi connectivity index (χ3n) is 3.59. The number of pyridine rings is 1. The number of nitrogens with zero attached hydrogens (tertiary/aromatic N) is 6. The molecule has 1 aliphatic heterocycles. The van der Waals surface area contributed by atoms with Gasteiger partial charge in [0.15, 0.2) is 5.82 Å². The van der Waals surface area contributed by atoms with Gasteiger partial charge in [-0.05, 0) is 28.1 Å². The number of ether oxygens (including phenoxy) is 1. The minimum absolute atomic E-state index is 0.623. The van der Waals surface area contributed by atoms with Gasteiger partial charge in [0.25, 0.3) is 0 Å². The molecule has 3 aromatic heterocycles. The van der Waals surface area contributed by atoms with Crippen LogP contribution in [0.1, 0.15) is 0 Å². The quantitative estimate of drug-likeness (QED) is 0.747. The van der Waals surface area contributed by atoms with Crippen LogP contribution in [-0.4, -0.2) is 50.9 Å². The summed E-state index contributed by atoms with van der Waals surface area (Å²) in [6.07, 6.45) is 5.23. The second-order valence-electron chi connectivity index (χ2n) is 5.10. The van der Waals surface area contributed by atoms with Crippen molar-refractivity contribution in [2.24, 2.45) is 0 Å². The van der Waals surface area contributed by atoms with E-state index in [-0.39, 0.29) is 0 Å². The largest absolute Gasteiger partial charge is 0.378 e. The normalized spacial score (nSPS) is 15.1. The molecular formula is C14H14BrN7O. The van der Waals surface area contributed by atoms with Gasteiger partial charge >= 0.3 is 0 Å². The maximum atomic E-state index is 5.36. The Balaban J connectivity index is 1.57. The van der Waals surface area contributed by atoms with E-state index in [4.69, 9.17) is 4.74 Å². The van der Waals surface area contributed by atoms with E-state index in [0.717, 1.165) is 37.8 Å². The molecule has 9 heteroatoms. The predicted molar refractivity (Wildman–Crippen MR) is 89.0 cm³/mol.